The number of aliphatic imine (C=N–C) groups is 1. The van der Waals surface area contributed by atoms with Crippen LogP contribution in [0.4, 0.5) is 32.0 Å². The summed E-state index contributed by atoms with van der Waals surface area (Å²) in [4.78, 5) is 5.18. The second-order valence-corrected chi connectivity index (χ2v) is 5.94. The molecule has 1 aliphatic rings. The number of rotatable bonds is 3. The van der Waals surface area contributed by atoms with Crippen molar-refractivity contribution in [1.29, 1.82) is 5.41 Å². The number of guanidine groups is 1. The Labute approximate surface area is 162 Å². The van der Waals surface area contributed by atoms with Gasteiger partial charge in [0.1, 0.15) is 11.6 Å². The molecule has 28 heavy (non-hydrogen) atoms. The average Bonchev–Trinajstić information content (AvgIpc) is 2.53. The SMILES string of the molecule is Cl.N=C(N)N1CCC(C(F)(F)F)CC1C(N)=Nc1ccc(OC(F)(F)F)cc1. The highest BCUT2D eigenvalue weighted by Gasteiger charge is 2.45. The molecular formula is C15H18ClF6N5O. The molecule has 2 rings (SSSR count). The topological polar surface area (TPSA) is 101 Å². The average molecular weight is 434 g/mol. The van der Waals surface area contributed by atoms with E-state index in [-0.39, 0.29) is 36.9 Å². The monoisotopic (exact) mass is 433 g/mol. The van der Waals surface area contributed by atoms with Gasteiger partial charge in [-0.15, -0.1) is 25.6 Å². The Hall–Kier alpha value is -2.37. The van der Waals surface area contributed by atoms with Crippen LogP contribution in [0, 0.1) is 11.3 Å². The Morgan fingerprint density at radius 2 is 1.68 bits per heavy atom. The molecule has 0 aliphatic carbocycles. The summed E-state index contributed by atoms with van der Waals surface area (Å²) in [6.45, 7) is -0.112. The Kier molecular flexibility index (Phi) is 7.40. The van der Waals surface area contributed by atoms with Gasteiger partial charge in [0, 0.05) is 6.54 Å². The van der Waals surface area contributed by atoms with Crippen molar-refractivity contribution < 1.29 is 31.1 Å². The lowest BCUT2D eigenvalue weighted by molar-refractivity contribution is -0.274. The number of piperidine rings is 1. The number of amidine groups is 1. The Morgan fingerprint density at radius 3 is 2.14 bits per heavy atom. The van der Waals surface area contributed by atoms with Crippen LogP contribution in [0.2, 0.25) is 0 Å². The zero-order valence-electron chi connectivity index (χ0n) is 14.2. The quantitative estimate of drug-likeness (QED) is 0.385. The van der Waals surface area contributed by atoms with Crippen molar-refractivity contribution in [2.24, 2.45) is 22.4 Å². The van der Waals surface area contributed by atoms with Gasteiger partial charge in [-0.25, -0.2) is 4.99 Å². The molecule has 1 aromatic carbocycles. The van der Waals surface area contributed by atoms with Crippen LogP contribution in [0.1, 0.15) is 12.8 Å². The number of hydrogen-bond donors (Lipinski definition) is 3. The number of halogens is 7. The number of hydrogen-bond acceptors (Lipinski definition) is 3. The van der Waals surface area contributed by atoms with Gasteiger partial charge in [-0.05, 0) is 37.1 Å². The van der Waals surface area contributed by atoms with Gasteiger partial charge >= 0.3 is 12.5 Å². The largest absolute Gasteiger partial charge is 0.573 e. The first-order chi connectivity index (χ1) is 12.4. The Balaban J connectivity index is 0.00000392. The van der Waals surface area contributed by atoms with E-state index in [0.29, 0.717) is 0 Å². The van der Waals surface area contributed by atoms with Crippen LogP contribution in [-0.2, 0) is 0 Å². The number of nitrogens with two attached hydrogens (primary N) is 2. The summed E-state index contributed by atoms with van der Waals surface area (Å²) >= 11 is 0. The second-order valence-electron chi connectivity index (χ2n) is 5.94. The predicted octanol–water partition coefficient (Wildman–Crippen LogP) is 3.53. The lowest BCUT2D eigenvalue weighted by Gasteiger charge is -2.39. The molecule has 1 fully saturated rings. The molecular weight excluding hydrogens is 416 g/mol. The highest BCUT2D eigenvalue weighted by atomic mass is 35.5. The zero-order valence-corrected chi connectivity index (χ0v) is 15.0. The van der Waals surface area contributed by atoms with Gasteiger partial charge in [-0.3, -0.25) is 5.41 Å². The van der Waals surface area contributed by atoms with Crippen LogP contribution >= 0.6 is 12.4 Å². The van der Waals surface area contributed by atoms with E-state index in [1.807, 2.05) is 0 Å². The first kappa shape index (κ1) is 23.7. The minimum absolute atomic E-state index is 0. The lowest BCUT2D eigenvalue weighted by atomic mass is 9.90. The van der Waals surface area contributed by atoms with Crippen LogP contribution < -0.4 is 16.2 Å². The van der Waals surface area contributed by atoms with E-state index >= 15 is 0 Å². The second kappa shape index (κ2) is 8.76. The van der Waals surface area contributed by atoms with Crippen molar-refractivity contribution in [3.8, 4) is 5.75 Å². The van der Waals surface area contributed by atoms with Crippen molar-refractivity contribution in [2.75, 3.05) is 6.54 Å². The zero-order chi connectivity index (χ0) is 20.4. The molecule has 1 aliphatic heterocycles. The van der Waals surface area contributed by atoms with Gasteiger partial charge in [0.2, 0.25) is 0 Å². The fourth-order valence-corrected chi connectivity index (χ4v) is 2.78. The van der Waals surface area contributed by atoms with Crippen molar-refractivity contribution in [3.05, 3.63) is 24.3 Å². The molecule has 2 unspecified atom stereocenters. The van der Waals surface area contributed by atoms with E-state index in [1.165, 1.54) is 17.0 Å². The number of nitrogens with one attached hydrogen (secondary N) is 1. The number of nitrogens with zero attached hydrogens (tertiary/aromatic N) is 2. The first-order valence-corrected chi connectivity index (χ1v) is 7.74. The first-order valence-electron chi connectivity index (χ1n) is 7.74. The van der Waals surface area contributed by atoms with Crippen molar-refractivity contribution in [3.63, 3.8) is 0 Å². The molecule has 6 nitrogen and oxygen atoms in total. The molecule has 13 heteroatoms. The molecule has 0 bridgehead atoms. The molecule has 0 aromatic heterocycles. The standard InChI is InChI=1S/C15H17F6N5O.ClH/c16-14(17,18)8-5-6-26(13(23)24)11(7-8)12(22)25-9-1-3-10(4-2-9)27-15(19,20)21;/h1-4,8,11H,5-7H2,(H2,22,25)(H3,23,24);1H. The van der Waals surface area contributed by atoms with Crippen molar-refractivity contribution in [2.45, 2.75) is 31.4 Å². The fraction of sp³-hybridized carbons (Fsp3) is 0.467. The third-order valence-electron chi connectivity index (χ3n) is 4.04. The molecule has 1 saturated heterocycles. The molecule has 0 radical (unpaired) electrons. The van der Waals surface area contributed by atoms with Gasteiger partial charge in [0.25, 0.3) is 0 Å². The van der Waals surface area contributed by atoms with Crippen LogP contribution in [0.15, 0.2) is 29.3 Å². The number of alkyl halides is 6. The van der Waals surface area contributed by atoms with E-state index in [2.05, 4.69) is 9.73 Å². The minimum atomic E-state index is -4.85. The molecule has 0 amide bonds. The van der Waals surface area contributed by atoms with Gasteiger partial charge in [0.05, 0.1) is 17.6 Å². The Morgan fingerprint density at radius 1 is 1.11 bits per heavy atom. The minimum Gasteiger partial charge on any atom is -0.406 e. The summed E-state index contributed by atoms with van der Waals surface area (Å²) < 4.78 is 79.2. The summed E-state index contributed by atoms with van der Waals surface area (Å²) in [5, 5.41) is 7.51. The molecule has 0 spiro atoms. The summed E-state index contributed by atoms with van der Waals surface area (Å²) in [5.41, 5.74) is 11.4. The third kappa shape index (κ3) is 6.36. The van der Waals surface area contributed by atoms with Gasteiger partial charge < -0.3 is 21.1 Å². The smallest absolute Gasteiger partial charge is 0.406 e. The summed E-state index contributed by atoms with van der Waals surface area (Å²) in [7, 11) is 0. The summed E-state index contributed by atoms with van der Waals surface area (Å²) in [6.07, 6.45) is -9.91. The van der Waals surface area contributed by atoms with E-state index < -0.39 is 42.6 Å². The van der Waals surface area contributed by atoms with Gasteiger partial charge in [-0.2, -0.15) is 13.2 Å². The Bertz CT molecular complexity index is 706. The molecule has 1 heterocycles. The van der Waals surface area contributed by atoms with Crippen molar-refractivity contribution >= 4 is 29.9 Å². The highest BCUT2D eigenvalue weighted by Crippen LogP contribution is 2.36. The highest BCUT2D eigenvalue weighted by molar-refractivity contribution is 5.92. The van der Waals surface area contributed by atoms with Crippen LogP contribution in [-0.4, -0.2) is 41.8 Å². The van der Waals surface area contributed by atoms with Crippen molar-refractivity contribution in [1.82, 2.24) is 4.90 Å². The molecule has 1 aromatic rings. The fourth-order valence-electron chi connectivity index (χ4n) is 2.78. The number of ether oxygens (including phenoxy) is 1. The normalized spacial score (nSPS) is 21.1. The predicted molar refractivity (Wildman–Crippen MR) is 92.8 cm³/mol. The molecule has 0 saturated carbocycles. The van der Waals surface area contributed by atoms with Gasteiger partial charge in [-0.1, -0.05) is 0 Å². The third-order valence-corrected chi connectivity index (χ3v) is 4.04. The molecule has 158 valence electrons. The van der Waals surface area contributed by atoms with Crippen LogP contribution in [0.3, 0.4) is 0 Å². The van der Waals surface area contributed by atoms with E-state index in [1.54, 1.807) is 0 Å². The molecule has 2 atom stereocenters. The van der Waals surface area contributed by atoms with Crippen LogP contribution in [0.25, 0.3) is 0 Å². The van der Waals surface area contributed by atoms with E-state index in [9.17, 15) is 26.3 Å². The van der Waals surface area contributed by atoms with E-state index in [0.717, 1.165) is 12.1 Å². The maximum atomic E-state index is 13.0. The van der Waals surface area contributed by atoms with E-state index in [4.69, 9.17) is 16.9 Å². The summed E-state index contributed by atoms with van der Waals surface area (Å²) in [6, 6.07) is 3.31. The number of likely N-dealkylation sites (tertiary alicyclic amines) is 1. The summed E-state index contributed by atoms with van der Waals surface area (Å²) in [5.74, 6) is -2.74. The van der Waals surface area contributed by atoms with Gasteiger partial charge in [0.15, 0.2) is 5.96 Å². The van der Waals surface area contributed by atoms with Crippen LogP contribution in [0.5, 0.6) is 5.75 Å². The molecule has 5 N–H and O–H groups in total. The number of benzene rings is 1. The maximum Gasteiger partial charge on any atom is 0.573 e. The maximum absolute atomic E-state index is 13.0. The lowest BCUT2D eigenvalue weighted by Crippen LogP contribution is -2.56.